The molecule has 0 unspecified atom stereocenters. The van der Waals surface area contributed by atoms with E-state index >= 15 is 0 Å². The van der Waals surface area contributed by atoms with Gasteiger partial charge in [0.05, 0.1) is 6.67 Å². The minimum Gasteiger partial charge on any atom is -0.251 e. The number of allylic oxidation sites excluding steroid dienone is 3. The molecule has 0 bridgehead atoms. The molecule has 0 aromatic carbocycles. The Balaban J connectivity index is 3.69. The topological polar surface area (TPSA) is 0 Å². The van der Waals surface area contributed by atoms with Gasteiger partial charge in [0.25, 0.3) is 0 Å². The van der Waals surface area contributed by atoms with Crippen LogP contribution in [0.2, 0.25) is 0 Å². The van der Waals surface area contributed by atoms with Crippen molar-refractivity contribution in [3.05, 3.63) is 30.0 Å². The van der Waals surface area contributed by atoms with E-state index in [0.29, 0.717) is 6.42 Å². The molecule has 0 fully saturated rings. The lowest BCUT2D eigenvalue weighted by molar-refractivity contribution is 0.500. The molecule has 0 aliphatic rings. The fourth-order valence-corrected chi connectivity index (χ4v) is 0.502. The van der Waals surface area contributed by atoms with Crippen molar-refractivity contribution in [2.45, 2.75) is 13.3 Å². The number of rotatable bonds is 3. The summed E-state index contributed by atoms with van der Waals surface area (Å²) in [5.74, 6) is 0. The maximum Gasteiger partial charge on any atom is 0.0929 e. The van der Waals surface area contributed by atoms with E-state index in [1.165, 1.54) is 0 Å². The molecule has 0 saturated carbocycles. The van der Waals surface area contributed by atoms with Crippen LogP contribution in [0.3, 0.4) is 0 Å². The average molecular weight is 126 g/mol. The van der Waals surface area contributed by atoms with Gasteiger partial charge in [0.1, 0.15) is 0 Å². The number of halogens is 1. The van der Waals surface area contributed by atoms with Crippen molar-refractivity contribution in [3.8, 4) is 0 Å². The molecule has 0 amide bonds. The van der Waals surface area contributed by atoms with Gasteiger partial charge in [-0.1, -0.05) is 12.7 Å². The van der Waals surface area contributed by atoms with Crippen molar-refractivity contribution >= 4 is 0 Å². The highest BCUT2D eigenvalue weighted by Gasteiger charge is 1.79. The molecule has 0 aliphatic carbocycles. The second kappa shape index (κ2) is 5.33. The van der Waals surface area contributed by atoms with Crippen LogP contribution in [0.1, 0.15) is 13.3 Å². The molecule has 0 aromatic heterocycles. The summed E-state index contributed by atoms with van der Waals surface area (Å²) < 4.78 is 11.5. The third kappa shape index (κ3) is 5.05. The maximum absolute atomic E-state index is 11.5. The van der Waals surface area contributed by atoms with Gasteiger partial charge in [-0.3, -0.25) is 4.39 Å². The number of hydrogen-bond donors (Lipinski definition) is 0. The van der Waals surface area contributed by atoms with E-state index in [9.17, 15) is 4.39 Å². The lowest BCUT2D eigenvalue weighted by atomic mass is 10.2. The summed E-state index contributed by atoms with van der Waals surface area (Å²) >= 11 is 0. The van der Waals surface area contributed by atoms with E-state index in [-0.39, 0.29) is 6.67 Å². The van der Waals surface area contributed by atoms with Crippen molar-refractivity contribution in [3.63, 3.8) is 0 Å². The summed E-state index contributed by atoms with van der Waals surface area (Å²) in [5, 5.41) is 0. The Labute approximate surface area is 55.4 Å². The second-order valence-electron chi connectivity index (χ2n) is 1.77. The Kier molecular flexibility index (Phi) is 4.85. The summed E-state index contributed by atoms with van der Waals surface area (Å²) in [7, 11) is 0. The molecule has 50 valence electrons. The van der Waals surface area contributed by atoms with Crippen molar-refractivity contribution in [2.75, 3.05) is 6.67 Å². The zero-order valence-electron chi connectivity index (χ0n) is 5.65. The molecule has 0 saturated heterocycles. The van der Waals surface area contributed by atoms with Gasteiger partial charge in [0.15, 0.2) is 0 Å². The van der Waals surface area contributed by atoms with E-state index in [1.807, 2.05) is 13.0 Å². The first-order chi connectivity index (χ1) is 4.31. The molecule has 0 atom stereocenters. The number of alkyl halides is 1. The Hall–Kier alpha value is -0.810. The summed E-state index contributed by atoms with van der Waals surface area (Å²) in [6.45, 7) is 5.00. The largest absolute Gasteiger partial charge is 0.251 e. The van der Waals surface area contributed by atoms with Crippen LogP contribution >= 0.6 is 0 Å². The fourth-order valence-electron chi connectivity index (χ4n) is 0.502. The van der Waals surface area contributed by atoms with Gasteiger partial charge < -0.3 is 0 Å². The third-order valence-electron chi connectivity index (χ3n) is 0.905. The molecule has 0 nitrogen and oxygen atoms in total. The lowest BCUT2D eigenvalue weighted by Gasteiger charge is -1.85. The van der Waals surface area contributed by atoms with Crippen LogP contribution in [0, 0.1) is 0 Å². The summed E-state index contributed by atoms with van der Waals surface area (Å²) in [6.07, 6.45) is 4.04. The highest BCUT2D eigenvalue weighted by molar-refractivity contribution is 5.14. The van der Waals surface area contributed by atoms with E-state index in [0.717, 1.165) is 5.57 Å². The van der Waals surface area contributed by atoms with Crippen LogP contribution in [0.25, 0.3) is 0 Å². The Morgan fingerprint density at radius 1 is 1.78 bits per heavy atom. The quantitative estimate of drug-likeness (QED) is 0.403. The van der Waals surface area contributed by atoms with Gasteiger partial charge in [-0.05, 0) is 25.0 Å². The monoisotopic (exact) mass is 126 g/mol. The van der Waals surface area contributed by atoms with Crippen LogP contribution in [0.4, 0.5) is 4.39 Å². The molecule has 0 aliphatic heterocycles. The Morgan fingerprint density at radius 2 is 2.44 bits per heavy atom. The van der Waals surface area contributed by atoms with Gasteiger partial charge in [-0.2, -0.15) is 0 Å². The van der Waals surface area contributed by atoms with Gasteiger partial charge in [0, 0.05) is 0 Å². The maximum atomic E-state index is 11.5. The third-order valence-corrected chi connectivity index (χ3v) is 0.905. The highest BCUT2D eigenvalue weighted by Crippen LogP contribution is 1.95. The first-order valence-electron chi connectivity index (χ1n) is 2.90. The van der Waals surface area contributed by atoms with Crippen molar-refractivity contribution < 1.29 is 4.39 Å². The molecule has 0 heterocycles. The first-order valence-corrected chi connectivity index (χ1v) is 2.90. The minimum absolute atomic E-state index is 0.289. The Bertz CT molecular complexity index is 139. The zero-order valence-corrected chi connectivity index (χ0v) is 5.65. The molecule has 0 N–H and O–H groups in total. The molecule has 9 heavy (non-hydrogen) atoms. The fraction of sp³-hybridized carbons (Fsp3) is 0.375. The molecular weight excluding hydrogens is 115 g/mol. The van der Waals surface area contributed by atoms with E-state index in [4.69, 9.17) is 0 Å². The normalized spacial score (nSPS) is 10.7. The van der Waals surface area contributed by atoms with Crippen molar-refractivity contribution in [1.29, 1.82) is 0 Å². The Morgan fingerprint density at radius 3 is 2.89 bits per heavy atom. The summed E-state index contributed by atoms with van der Waals surface area (Å²) in [5.41, 5.74) is 3.63. The SMILES string of the molecule is C=C=CC(C)=CCCF. The van der Waals surface area contributed by atoms with Crippen LogP contribution in [0.5, 0.6) is 0 Å². The van der Waals surface area contributed by atoms with E-state index in [1.54, 1.807) is 6.08 Å². The first kappa shape index (κ1) is 8.19. The molecule has 0 aromatic rings. The predicted octanol–water partition coefficient (Wildman–Crippen LogP) is 2.63. The molecule has 0 rings (SSSR count). The van der Waals surface area contributed by atoms with Gasteiger partial charge in [0.2, 0.25) is 0 Å². The van der Waals surface area contributed by atoms with Crippen LogP contribution in [0.15, 0.2) is 30.0 Å². The summed E-state index contributed by atoms with van der Waals surface area (Å²) in [4.78, 5) is 0. The second-order valence-corrected chi connectivity index (χ2v) is 1.77. The lowest BCUT2D eigenvalue weighted by Crippen LogP contribution is -1.71. The zero-order chi connectivity index (χ0) is 7.11. The van der Waals surface area contributed by atoms with Crippen molar-refractivity contribution in [1.82, 2.24) is 0 Å². The van der Waals surface area contributed by atoms with Crippen LogP contribution in [-0.4, -0.2) is 6.67 Å². The average Bonchev–Trinajstić information content (AvgIpc) is 1.85. The molecule has 0 spiro atoms. The van der Waals surface area contributed by atoms with E-state index in [2.05, 4.69) is 12.3 Å². The van der Waals surface area contributed by atoms with Gasteiger partial charge in [-0.15, -0.1) is 5.73 Å². The smallest absolute Gasteiger partial charge is 0.0929 e. The van der Waals surface area contributed by atoms with Crippen molar-refractivity contribution in [2.24, 2.45) is 0 Å². The summed E-state index contributed by atoms with van der Waals surface area (Å²) in [6, 6.07) is 0. The predicted molar refractivity (Wildman–Crippen MR) is 38.1 cm³/mol. The molecule has 1 heteroatoms. The highest BCUT2D eigenvalue weighted by atomic mass is 19.1. The molecule has 0 radical (unpaired) electrons. The minimum atomic E-state index is -0.289. The van der Waals surface area contributed by atoms with Gasteiger partial charge in [-0.25, -0.2) is 0 Å². The van der Waals surface area contributed by atoms with Gasteiger partial charge >= 0.3 is 0 Å². The number of hydrogen-bond acceptors (Lipinski definition) is 0. The van der Waals surface area contributed by atoms with Crippen LogP contribution in [-0.2, 0) is 0 Å². The van der Waals surface area contributed by atoms with E-state index < -0.39 is 0 Å². The standard InChI is InChI=1S/C8H11F/c1-3-5-8(2)6-4-7-9/h5-6H,1,4,7H2,2H3. The van der Waals surface area contributed by atoms with Crippen LogP contribution < -0.4 is 0 Å². The molecular formula is C8H11F.